The number of nitrogens with one attached hydrogen (secondary N) is 1. The summed E-state index contributed by atoms with van der Waals surface area (Å²) in [6, 6.07) is 9.06. The molecular weight excluding hydrogens is 360 g/mol. The Hall–Kier alpha value is -1.68. The SMILES string of the molecule is N#Cc1ccc(Cl)cc1-n1c(=S)[nH]c2cc(Br)cnc21. The third-order valence-corrected chi connectivity index (χ3v) is 3.76. The first-order chi connectivity index (χ1) is 9.60. The van der Waals surface area contributed by atoms with Gasteiger partial charge in [0.2, 0.25) is 0 Å². The number of pyridine rings is 1. The molecule has 0 saturated heterocycles. The monoisotopic (exact) mass is 364 g/mol. The van der Waals surface area contributed by atoms with Crippen LogP contribution in [-0.2, 0) is 0 Å². The minimum Gasteiger partial charge on any atom is -0.329 e. The van der Waals surface area contributed by atoms with Crippen molar-refractivity contribution >= 4 is 50.9 Å². The largest absolute Gasteiger partial charge is 0.329 e. The summed E-state index contributed by atoms with van der Waals surface area (Å²) in [7, 11) is 0. The smallest absolute Gasteiger partial charge is 0.184 e. The van der Waals surface area contributed by atoms with Gasteiger partial charge in [0.1, 0.15) is 6.07 Å². The maximum absolute atomic E-state index is 9.24. The lowest BCUT2D eigenvalue weighted by Gasteiger charge is -2.06. The van der Waals surface area contributed by atoms with Crippen LogP contribution in [0.25, 0.3) is 16.9 Å². The van der Waals surface area contributed by atoms with Crippen LogP contribution in [0.4, 0.5) is 0 Å². The Labute approximate surface area is 132 Å². The van der Waals surface area contributed by atoms with Crippen LogP contribution in [-0.4, -0.2) is 14.5 Å². The lowest BCUT2D eigenvalue weighted by atomic mass is 10.2. The number of aromatic amines is 1. The lowest BCUT2D eigenvalue weighted by Crippen LogP contribution is -1.98. The molecule has 0 radical (unpaired) electrons. The molecule has 98 valence electrons. The molecule has 20 heavy (non-hydrogen) atoms. The van der Waals surface area contributed by atoms with Gasteiger partial charge in [-0.3, -0.25) is 4.57 Å². The fourth-order valence-corrected chi connectivity index (χ4v) is 2.77. The van der Waals surface area contributed by atoms with Crippen LogP contribution in [0.3, 0.4) is 0 Å². The number of nitrogens with zero attached hydrogens (tertiary/aromatic N) is 3. The van der Waals surface area contributed by atoms with Crippen molar-refractivity contribution < 1.29 is 0 Å². The summed E-state index contributed by atoms with van der Waals surface area (Å²) >= 11 is 14.7. The predicted octanol–water partition coefficient (Wildman–Crippen LogP) is 4.37. The highest BCUT2D eigenvalue weighted by molar-refractivity contribution is 9.10. The van der Waals surface area contributed by atoms with Gasteiger partial charge in [-0.15, -0.1) is 0 Å². The van der Waals surface area contributed by atoms with Crippen LogP contribution in [0.15, 0.2) is 34.9 Å². The summed E-state index contributed by atoms with van der Waals surface area (Å²) in [5.74, 6) is 0. The summed E-state index contributed by atoms with van der Waals surface area (Å²) < 4.78 is 3.02. The summed E-state index contributed by atoms with van der Waals surface area (Å²) in [4.78, 5) is 7.42. The Kier molecular flexibility index (Phi) is 3.34. The molecule has 0 aliphatic carbocycles. The molecule has 0 fully saturated rings. The Morgan fingerprint density at radius 3 is 2.95 bits per heavy atom. The van der Waals surface area contributed by atoms with Crippen molar-refractivity contribution in [2.45, 2.75) is 0 Å². The van der Waals surface area contributed by atoms with Crippen molar-refractivity contribution in [2.24, 2.45) is 0 Å². The minimum atomic E-state index is 0.462. The van der Waals surface area contributed by atoms with Crippen LogP contribution >= 0.6 is 39.7 Å². The van der Waals surface area contributed by atoms with Crippen molar-refractivity contribution in [3.63, 3.8) is 0 Å². The first-order valence-electron chi connectivity index (χ1n) is 5.56. The van der Waals surface area contributed by atoms with Gasteiger partial charge < -0.3 is 4.98 Å². The molecule has 1 aromatic carbocycles. The number of hydrogen-bond acceptors (Lipinski definition) is 3. The van der Waals surface area contributed by atoms with Crippen LogP contribution in [0, 0.1) is 16.1 Å². The number of imidazole rings is 1. The van der Waals surface area contributed by atoms with E-state index in [1.165, 1.54) is 0 Å². The molecule has 0 spiro atoms. The zero-order valence-electron chi connectivity index (χ0n) is 9.89. The number of hydrogen-bond donors (Lipinski definition) is 1. The number of rotatable bonds is 1. The maximum Gasteiger partial charge on any atom is 0.184 e. The van der Waals surface area contributed by atoms with E-state index in [2.05, 4.69) is 32.0 Å². The molecule has 3 aromatic rings. The molecule has 0 bridgehead atoms. The van der Waals surface area contributed by atoms with E-state index in [-0.39, 0.29) is 0 Å². The van der Waals surface area contributed by atoms with Crippen LogP contribution < -0.4 is 0 Å². The fraction of sp³-hybridized carbons (Fsp3) is 0. The summed E-state index contributed by atoms with van der Waals surface area (Å²) in [5.41, 5.74) is 2.53. The number of H-pyrrole nitrogens is 1. The normalized spacial score (nSPS) is 10.7. The van der Waals surface area contributed by atoms with E-state index >= 15 is 0 Å². The molecule has 0 aliphatic rings. The van der Waals surface area contributed by atoms with E-state index in [9.17, 15) is 5.26 Å². The Balaban J connectivity index is 2.41. The number of fused-ring (bicyclic) bond motifs is 1. The molecule has 0 amide bonds. The molecule has 7 heteroatoms. The summed E-state index contributed by atoms with van der Waals surface area (Å²) in [5, 5.41) is 9.77. The lowest BCUT2D eigenvalue weighted by molar-refractivity contribution is 1.04. The second-order valence-electron chi connectivity index (χ2n) is 4.06. The Morgan fingerprint density at radius 2 is 2.20 bits per heavy atom. The van der Waals surface area contributed by atoms with Gasteiger partial charge in [-0.05, 0) is 52.4 Å². The topological polar surface area (TPSA) is 57.4 Å². The highest BCUT2D eigenvalue weighted by Gasteiger charge is 2.12. The van der Waals surface area contributed by atoms with Gasteiger partial charge in [0.15, 0.2) is 10.4 Å². The number of benzene rings is 1. The first-order valence-corrected chi connectivity index (χ1v) is 7.14. The maximum atomic E-state index is 9.24. The third-order valence-electron chi connectivity index (χ3n) is 2.81. The Morgan fingerprint density at radius 1 is 1.40 bits per heavy atom. The van der Waals surface area contributed by atoms with Gasteiger partial charge in [-0.1, -0.05) is 11.6 Å². The van der Waals surface area contributed by atoms with Crippen molar-refractivity contribution in [3.8, 4) is 11.8 Å². The average molecular weight is 366 g/mol. The van der Waals surface area contributed by atoms with Crippen LogP contribution in [0.1, 0.15) is 5.56 Å². The minimum absolute atomic E-state index is 0.462. The van der Waals surface area contributed by atoms with E-state index in [0.29, 0.717) is 26.7 Å². The highest BCUT2D eigenvalue weighted by atomic mass is 79.9. The average Bonchev–Trinajstić information content (AvgIpc) is 2.73. The van der Waals surface area contributed by atoms with Gasteiger partial charge in [0.25, 0.3) is 0 Å². The van der Waals surface area contributed by atoms with E-state index in [1.807, 2.05) is 6.07 Å². The first kappa shape index (κ1) is 13.3. The highest BCUT2D eigenvalue weighted by Crippen LogP contribution is 2.25. The van der Waals surface area contributed by atoms with Crippen molar-refractivity contribution in [1.29, 1.82) is 5.26 Å². The van der Waals surface area contributed by atoms with Gasteiger partial charge in [0.05, 0.1) is 16.8 Å². The molecule has 0 unspecified atom stereocenters. The van der Waals surface area contributed by atoms with Gasteiger partial charge >= 0.3 is 0 Å². The molecule has 2 heterocycles. The number of halogens is 2. The van der Waals surface area contributed by atoms with Crippen molar-refractivity contribution in [1.82, 2.24) is 14.5 Å². The standard InChI is InChI=1S/C13H6BrClN4S/c14-8-3-10-12(17-6-8)19(13(20)18-10)11-4-9(15)2-1-7(11)5-16/h1-4,6H,(H,18,20). The quantitative estimate of drug-likeness (QED) is 0.651. The molecule has 4 nitrogen and oxygen atoms in total. The Bertz CT molecular complexity index is 922. The second kappa shape index (κ2) is 5.02. The second-order valence-corrected chi connectivity index (χ2v) is 5.80. The van der Waals surface area contributed by atoms with Gasteiger partial charge in [-0.2, -0.15) is 5.26 Å². The molecule has 0 atom stereocenters. The van der Waals surface area contributed by atoms with E-state index in [1.54, 1.807) is 29.0 Å². The van der Waals surface area contributed by atoms with Crippen molar-refractivity contribution in [2.75, 3.05) is 0 Å². The molecule has 0 aliphatic heterocycles. The predicted molar refractivity (Wildman–Crippen MR) is 83.7 cm³/mol. The van der Waals surface area contributed by atoms with Gasteiger partial charge in [-0.25, -0.2) is 4.98 Å². The summed E-state index contributed by atoms with van der Waals surface area (Å²) in [6.45, 7) is 0. The number of nitriles is 1. The van der Waals surface area contributed by atoms with E-state index in [4.69, 9.17) is 23.8 Å². The molecular formula is C13H6BrClN4S. The van der Waals surface area contributed by atoms with Crippen molar-refractivity contribution in [3.05, 3.63) is 50.3 Å². The van der Waals surface area contributed by atoms with Crippen LogP contribution in [0.5, 0.6) is 0 Å². The zero-order chi connectivity index (χ0) is 14.3. The van der Waals surface area contributed by atoms with Crippen LogP contribution in [0.2, 0.25) is 5.02 Å². The van der Waals surface area contributed by atoms with Gasteiger partial charge in [0, 0.05) is 15.7 Å². The van der Waals surface area contributed by atoms with E-state index in [0.717, 1.165) is 9.99 Å². The zero-order valence-corrected chi connectivity index (χ0v) is 13.1. The summed E-state index contributed by atoms with van der Waals surface area (Å²) in [6.07, 6.45) is 1.68. The molecule has 1 N–H and O–H groups in total. The molecule has 0 saturated carbocycles. The molecule has 3 rings (SSSR count). The fourth-order valence-electron chi connectivity index (χ4n) is 1.98. The van der Waals surface area contributed by atoms with E-state index < -0.39 is 0 Å². The third kappa shape index (κ3) is 2.14. The molecule has 2 aromatic heterocycles. The number of aromatic nitrogens is 3.